The van der Waals surface area contributed by atoms with Crippen LogP contribution in [0, 0.1) is 5.92 Å². The lowest BCUT2D eigenvalue weighted by atomic mass is 10.1. The summed E-state index contributed by atoms with van der Waals surface area (Å²) in [6, 6.07) is 4.39. The van der Waals surface area contributed by atoms with Gasteiger partial charge in [0.25, 0.3) is 0 Å². The van der Waals surface area contributed by atoms with Crippen molar-refractivity contribution in [2.24, 2.45) is 5.92 Å². The molecule has 1 aromatic rings. The minimum atomic E-state index is 0.451. The van der Waals surface area contributed by atoms with Crippen LogP contribution >= 0.6 is 23.2 Å². The van der Waals surface area contributed by atoms with Gasteiger partial charge in [0.15, 0.2) is 0 Å². The van der Waals surface area contributed by atoms with Crippen molar-refractivity contribution in [1.29, 1.82) is 0 Å². The van der Waals surface area contributed by atoms with Crippen molar-refractivity contribution in [3.8, 4) is 0 Å². The van der Waals surface area contributed by atoms with Gasteiger partial charge in [0.1, 0.15) is 10.3 Å². The Hall–Kier alpha value is -0.350. The Morgan fingerprint density at radius 1 is 1.40 bits per heavy atom. The molecule has 1 atom stereocenters. The van der Waals surface area contributed by atoms with Gasteiger partial charge >= 0.3 is 0 Å². The first-order valence-corrected chi connectivity index (χ1v) is 8.07. The zero-order valence-corrected chi connectivity index (χ0v) is 13.7. The Labute approximate surface area is 131 Å². The molecule has 112 valence electrons. The highest BCUT2D eigenvalue weighted by Crippen LogP contribution is 2.20. The Morgan fingerprint density at radius 3 is 2.80 bits per heavy atom. The summed E-state index contributed by atoms with van der Waals surface area (Å²) in [6.45, 7) is 8.60. The molecule has 1 aliphatic rings. The lowest BCUT2D eigenvalue weighted by molar-refractivity contribution is 0.216. The van der Waals surface area contributed by atoms with Crippen LogP contribution in [0.25, 0.3) is 0 Å². The third kappa shape index (κ3) is 4.88. The van der Waals surface area contributed by atoms with E-state index in [0.29, 0.717) is 22.3 Å². The highest BCUT2D eigenvalue weighted by Gasteiger charge is 2.19. The largest absolute Gasteiger partial charge is 0.313 e. The van der Waals surface area contributed by atoms with Crippen molar-refractivity contribution in [1.82, 2.24) is 15.2 Å². The molecule has 3 nitrogen and oxygen atoms in total. The topological polar surface area (TPSA) is 28.2 Å². The molecule has 5 heteroatoms. The number of pyridine rings is 1. The van der Waals surface area contributed by atoms with Gasteiger partial charge in [0.05, 0.1) is 0 Å². The number of nitrogens with zero attached hydrogens (tertiary/aromatic N) is 2. The molecular weight excluding hydrogens is 293 g/mol. The summed E-state index contributed by atoms with van der Waals surface area (Å²) in [5, 5.41) is 4.53. The van der Waals surface area contributed by atoms with Crippen LogP contribution in [-0.2, 0) is 6.54 Å². The van der Waals surface area contributed by atoms with E-state index in [0.717, 1.165) is 31.7 Å². The number of hydrogen-bond acceptors (Lipinski definition) is 3. The van der Waals surface area contributed by atoms with Crippen molar-refractivity contribution in [2.45, 2.75) is 39.3 Å². The molecule has 0 amide bonds. The van der Waals surface area contributed by atoms with Crippen LogP contribution in [0.15, 0.2) is 12.1 Å². The van der Waals surface area contributed by atoms with Crippen LogP contribution in [0.2, 0.25) is 10.3 Å². The zero-order chi connectivity index (χ0) is 14.5. The summed E-state index contributed by atoms with van der Waals surface area (Å²) in [5.74, 6) is 0.635. The molecule has 1 saturated heterocycles. The van der Waals surface area contributed by atoms with Crippen molar-refractivity contribution >= 4 is 23.2 Å². The summed E-state index contributed by atoms with van der Waals surface area (Å²) in [5.41, 5.74) is 1.05. The second kappa shape index (κ2) is 7.60. The summed E-state index contributed by atoms with van der Waals surface area (Å²) < 4.78 is 0. The van der Waals surface area contributed by atoms with Crippen LogP contribution in [0.3, 0.4) is 0 Å². The van der Waals surface area contributed by atoms with Gasteiger partial charge in [-0.3, -0.25) is 4.90 Å². The average Bonchev–Trinajstić information content (AvgIpc) is 2.84. The summed E-state index contributed by atoms with van der Waals surface area (Å²) in [6.07, 6.45) is 2.55. The molecule has 1 unspecified atom stereocenters. The maximum absolute atomic E-state index is 6.19. The van der Waals surface area contributed by atoms with Gasteiger partial charge in [-0.2, -0.15) is 0 Å². The lowest BCUT2D eigenvalue weighted by Gasteiger charge is -2.27. The Kier molecular flexibility index (Phi) is 6.09. The van der Waals surface area contributed by atoms with E-state index < -0.39 is 0 Å². The predicted octanol–water partition coefficient (Wildman–Crippen LogP) is 3.60. The summed E-state index contributed by atoms with van der Waals surface area (Å²) >= 11 is 12.0. The Bertz CT molecular complexity index is 431. The molecule has 0 saturated carbocycles. The molecule has 0 aliphatic carbocycles. The fourth-order valence-electron chi connectivity index (χ4n) is 2.74. The number of nitrogens with one attached hydrogen (secondary N) is 1. The molecule has 0 radical (unpaired) electrons. The first-order valence-electron chi connectivity index (χ1n) is 7.31. The lowest BCUT2D eigenvalue weighted by Crippen LogP contribution is -2.39. The fraction of sp³-hybridized carbons (Fsp3) is 0.667. The van der Waals surface area contributed by atoms with Gasteiger partial charge < -0.3 is 5.32 Å². The minimum Gasteiger partial charge on any atom is -0.313 e. The molecular formula is C15H23Cl2N3. The van der Waals surface area contributed by atoms with Crippen molar-refractivity contribution in [3.05, 3.63) is 28.0 Å². The quantitative estimate of drug-likeness (QED) is 0.813. The number of halogens is 2. The van der Waals surface area contributed by atoms with E-state index in [4.69, 9.17) is 23.2 Å². The molecule has 1 N–H and O–H groups in total. The molecule has 2 rings (SSSR count). The smallest absolute Gasteiger partial charge is 0.135 e. The maximum Gasteiger partial charge on any atom is 0.135 e. The van der Waals surface area contributed by atoms with Crippen LogP contribution < -0.4 is 5.32 Å². The van der Waals surface area contributed by atoms with Crippen LogP contribution in [-0.4, -0.2) is 35.6 Å². The highest BCUT2D eigenvalue weighted by atomic mass is 35.5. The first kappa shape index (κ1) is 16.0. The van der Waals surface area contributed by atoms with Gasteiger partial charge in [0, 0.05) is 31.2 Å². The van der Waals surface area contributed by atoms with Crippen LogP contribution in [0.4, 0.5) is 0 Å². The van der Waals surface area contributed by atoms with Crippen molar-refractivity contribution in [3.63, 3.8) is 0 Å². The molecule has 0 bridgehead atoms. The van der Waals surface area contributed by atoms with E-state index >= 15 is 0 Å². The molecule has 2 heterocycles. The standard InChI is InChI=1S/C15H23Cl2N3/c1-11(2)8-20(10-13-4-3-7-18-13)9-12-5-6-14(16)19-15(12)17/h5-6,11,13,18H,3-4,7-10H2,1-2H3. The van der Waals surface area contributed by atoms with E-state index in [-0.39, 0.29) is 0 Å². The van der Waals surface area contributed by atoms with E-state index in [1.807, 2.05) is 12.1 Å². The van der Waals surface area contributed by atoms with E-state index in [1.54, 1.807) is 0 Å². The van der Waals surface area contributed by atoms with Gasteiger partial charge in [-0.15, -0.1) is 0 Å². The van der Waals surface area contributed by atoms with Crippen LogP contribution in [0.5, 0.6) is 0 Å². The third-order valence-electron chi connectivity index (χ3n) is 3.55. The van der Waals surface area contributed by atoms with Crippen molar-refractivity contribution < 1.29 is 0 Å². The van der Waals surface area contributed by atoms with Gasteiger partial charge in [-0.25, -0.2) is 4.98 Å². The Morgan fingerprint density at radius 2 is 2.20 bits per heavy atom. The van der Waals surface area contributed by atoms with Crippen LogP contribution in [0.1, 0.15) is 32.3 Å². The molecule has 1 aliphatic heterocycles. The first-order chi connectivity index (χ1) is 9.54. The second-order valence-corrected chi connectivity index (χ2v) is 6.71. The monoisotopic (exact) mass is 315 g/mol. The van der Waals surface area contributed by atoms with E-state index in [9.17, 15) is 0 Å². The summed E-state index contributed by atoms with van der Waals surface area (Å²) in [4.78, 5) is 6.59. The average molecular weight is 316 g/mol. The third-order valence-corrected chi connectivity index (χ3v) is 4.09. The number of aromatic nitrogens is 1. The zero-order valence-electron chi connectivity index (χ0n) is 12.2. The normalized spacial score (nSPS) is 19.2. The summed E-state index contributed by atoms with van der Waals surface area (Å²) in [7, 11) is 0. The number of rotatable bonds is 6. The maximum atomic E-state index is 6.19. The number of hydrogen-bond donors (Lipinski definition) is 1. The molecule has 1 fully saturated rings. The Balaban J connectivity index is 2.01. The van der Waals surface area contributed by atoms with E-state index in [1.165, 1.54) is 12.8 Å². The molecule has 1 aromatic heterocycles. The fourth-order valence-corrected chi connectivity index (χ4v) is 3.15. The molecule has 0 aromatic carbocycles. The highest BCUT2D eigenvalue weighted by molar-refractivity contribution is 6.32. The van der Waals surface area contributed by atoms with Gasteiger partial charge in [0.2, 0.25) is 0 Å². The SMILES string of the molecule is CC(C)CN(Cc1ccc(Cl)nc1Cl)CC1CCCN1. The minimum absolute atomic E-state index is 0.451. The van der Waals surface area contributed by atoms with Gasteiger partial charge in [-0.1, -0.05) is 43.1 Å². The van der Waals surface area contributed by atoms with Crippen molar-refractivity contribution in [2.75, 3.05) is 19.6 Å². The predicted molar refractivity (Wildman–Crippen MR) is 85.4 cm³/mol. The van der Waals surface area contributed by atoms with Gasteiger partial charge in [-0.05, 0) is 31.4 Å². The molecule has 20 heavy (non-hydrogen) atoms. The second-order valence-electron chi connectivity index (χ2n) is 5.97. The molecule has 0 spiro atoms. The van der Waals surface area contributed by atoms with E-state index in [2.05, 4.69) is 29.0 Å².